The van der Waals surface area contributed by atoms with Gasteiger partial charge < -0.3 is 9.47 Å². The average Bonchev–Trinajstić information content (AvgIpc) is 2.82. The summed E-state index contributed by atoms with van der Waals surface area (Å²) in [5.41, 5.74) is 5.26. The van der Waals surface area contributed by atoms with Crippen molar-refractivity contribution >= 4 is 5.57 Å². The maximum Gasteiger partial charge on any atom is 0.119 e. The minimum absolute atomic E-state index is 0.623. The van der Waals surface area contributed by atoms with Crippen LogP contribution >= 0.6 is 0 Å². The molecule has 2 aromatic carbocycles. The van der Waals surface area contributed by atoms with Crippen LogP contribution in [0, 0.1) is 11.3 Å². The zero-order chi connectivity index (χ0) is 15.5. The predicted molar refractivity (Wildman–Crippen MR) is 86.9 cm³/mol. The Morgan fingerprint density at radius 1 is 0.864 bits per heavy atom. The molecule has 0 radical (unpaired) electrons. The highest BCUT2D eigenvalue weighted by atomic mass is 16.5. The Labute approximate surface area is 130 Å². The summed E-state index contributed by atoms with van der Waals surface area (Å²) in [6, 6.07) is 14.2. The maximum absolute atomic E-state index is 9.13. The van der Waals surface area contributed by atoms with Crippen molar-refractivity contribution in [2.75, 3.05) is 13.2 Å². The molecule has 0 unspecified atom stereocenters. The van der Waals surface area contributed by atoms with E-state index in [4.69, 9.17) is 14.7 Å². The third kappa shape index (κ3) is 2.33. The molecule has 110 valence electrons. The predicted octanol–water partition coefficient (Wildman–Crippen LogP) is 4.42. The monoisotopic (exact) mass is 291 g/mol. The van der Waals surface area contributed by atoms with Crippen molar-refractivity contribution in [3.05, 3.63) is 53.6 Å². The second-order valence-corrected chi connectivity index (χ2v) is 4.97. The highest BCUT2D eigenvalue weighted by Gasteiger charge is 2.24. The normalized spacial score (nSPS) is 11.4. The maximum atomic E-state index is 9.13. The summed E-state index contributed by atoms with van der Waals surface area (Å²) in [5.74, 6) is 1.64. The van der Waals surface area contributed by atoms with E-state index >= 15 is 0 Å². The van der Waals surface area contributed by atoms with Gasteiger partial charge in [0.1, 0.15) is 11.5 Å². The Bertz CT molecular complexity index is 727. The largest absolute Gasteiger partial charge is 0.494 e. The molecule has 3 rings (SSSR count). The highest BCUT2D eigenvalue weighted by molar-refractivity contribution is 6.02. The van der Waals surface area contributed by atoms with Gasteiger partial charge in [0, 0.05) is 11.6 Å². The van der Waals surface area contributed by atoms with Crippen molar-refractivity contribution in [3.63, 3.8) is 0 Å². The van der Waals surface area contributed by atoms with E-state index in [1.54, 1.807) is 6.08 Å². The van der Waals surface area contributed by atoms with Crippen LogP contribution in [0.25, 0.3) is 16.7 Å². The fraction of sp³-hybridized carbons (Fsp3) is 0.211. The molecular formula is C19H17NO2. The third-order valence-electron chi connectivity index (χ3n) is 3.68. The van der Waals surface area contributed by atoms with Crippen molar-refractivity contribution in [1.29, 1.82) is 5.26 Å². The third-order valence-corrected chi connectivity index (χ3v) is 3.68. The van der Waals surface area contributed by atoms with Gasteiger partial charge in [0.15, 0.2) is 0 Å². The van der Waals surface area contributed by atoms with E-state index in [0.29, 0.717) is 13.2 Å². The Morgan fingerprint density at radius 2 is 1.36 bits per heavy atom. The molecule has 0 atom stereocenters. The first kappa shape index (κ1) is 14.2. The fourth-order valence-electron chi connectivity index (χ4n) is 2.84. The van der Waals surface area contributed by atoms with E-state index in [-0.39, 0.29) is 0 Å². The van der Waals surface area contributed by atoms with Crippen molar-refractivity contribution in [1.82, 2.24) is 0 Å². The molecule has 0 saturated heterocycles. The van der Waals surface area contributed by atoms with Gasteiger partial charge >= 0.3 is 0 Å². The van der Waals surface area contributed by atoms with Crippen LogP contribution in [-0.4, -0.2) is 13.2 Å². The number of allylic oxidation sites excluding steroid dienone is 1. The summed E-state index contributed by atoms with van der Waals surface area (Å²) < 4.78 is 11.2. The van der Waals surface area contributed by atoms with Gasteiger partial charge in [0.2, 0.25) is 0 Å². The molecule has 1 aliphatic carbocycles. The summed E-state index contributed by atoms with van der Waals surface area (Å²) >= 11 is 0. The van der Waals surface area contributed by atoms with Gasteiger partial charge in [-0.2, -0.15) is 5.26 Å². The molecule has 0 fully saturated rings. The summed E-state index contributed by atoms with van der Waals surface area (Å²) in [6.45, 7) is 5.17. The number of fused-ring (bicyclic) bond motifs is 3. The summed E-state index contributed by atoms with van der Waals surface area (Å²) in [5, 5.41) is 9.13. The van der Waals surface area contributed by atoms with E-state index in [2.05, 4.69) is 18.2 Å². The summed E-state index contributed by atoms with van der Waals surface area (Å²) in [4.78, 5) is 0. The SMILES string of the molecule is CCOc1ccc2c(c1)C(=CC#N)c1cc(OCC)ccc1-2. The highest BCUT2D eigenvalue weighted by Crippen LogP contribution is 2.46. The quantitative estimate of drug-likeness (QED) is 0.668. The van der Waals surface area contributed by atoms with Crippen LogP contribution in [0.3, 0.4) is 0 Å². The van der Waals surface area contributed by atoms with Crippen molar-refractivity contribution in [3.8, 4) is 28.7 Å². The van der Waals surface area contributed by atoms with Crippen LogP contribution in [0.15, 0.2) is 42.5 Å². The zero-order valence-corrected chi connectivity index (χ0v) is 12.7. The number of hydrogen-bond acceptors (Lipinski definition) is 3. The van der Waals surface area contributed by atoms with Gasteiger partial charge in [-0.1, -0.05) is 12.1 Å². The Kier molecular flexibility index (Phi) is 3.84. The number of nitrogens with zero attached hydrogens (tertiary/aromatic N) is 1. The molecule has 22 heavy (non-hydrogen) atoms. The van der Waals surface area contributed by atoms with Gasteiger partial charge in [-0.25, -0.2) is 0 Å². The molecule has 0 aliphatic heterocycles. The van der Waals surface area contributed by atoms with Crippen molar-refractivity contribution in [2.24, 2.45) is 0 Å². The van der Waals surface area contributed by atoms with E-state index in [1.165, 1.54) is 0 Å². The lowest BCUT2D eigenvalue weighted by Crippen LogP contribution is -1.92. The van der Waals surface area contributed by atoms with Crippen molar-refractivity contribution < 1.29 is 9.47 Å². The lowest BCUT2D eigenvalue weighted by Gasteiger charge is -2.06. The Balaban J connectivity index is 2.16. The van der Waals surface area contributed by atoms with E-state index < -0.39 is 0 Å². The first-order valence-corrected chi connectivity index (χ1v) is 7.43. The van der Waals surface area contributed by atoms with Crippen molar-refractivity contribution in [2.45, 2.75) is 13.8 Å². The average molecular weight is 291 g/mol. The first-order valence-electron chi connectivity index (χ1n) is 7.43. The topological polar surface area (TPSA) is 42.2 Å². The zero-order valence-electron chi connectivity index (χ0n) is 12.7. The number of hydrogen-bond donors (Lipinski definition) is 0. The second-order valence-electron chi connectivity index (χ2n) is 4.97. The molecule has 1 aliphatic rings. The molecule has 0 spiro atoms. The van der Waals surface area contributed by atoms with Crippen LogP contribution in [0.4, 0.5) is 0 Å². The van der Waals surface area contributed by atoms with Gasteiger partial charge in [-0.3, -0.25) is 0 Å². The first-order chi connectivity index (χ1) is 10.8. The minimum atomic E-state index is 0.623. The lowest BCUT2D eigenvalue weighted by molar-refractivity contribution is 0.340. The van der Waals surface area contributed by atoms with E-state index in [9.17, 15) is 0 Å². The van der Waals surface area contributed by atoms with Crippen LogP contribution in [-0.2, 0) is 0 Å². The van der Waals surface area contributed by atoms with Crippen LogP contribution in [0.5, 0.6) is 11.5 Å². The van der Waals surface area contributed by atoms with Gasteiger partial charge in [-0.15, -0.1) is 0 Å². The van der Waals surface area contributed by atoms with Crippen LogP contribution in [0.2, 0.25) is 0 Å². The Morgan fingerprint density at radius 3 is 1.77 bits per heavy atom. The summed E-state index contributed by atoms with van der Waals surface area (Å²) in [6.07, 6.45) is 1.59. The number of nitriles is 1. The molecule has 0 saturated carbocycles. The van der Waals surface area contributed by atoms with Gasteiger partial charge in [0.25, 0.3) is 0 Å². The van der Waals surface area contributed by atoms with Crippen LogP contribution in [0.1, 0.15) is 25.0 Å². The van der Waals surface area contributed by atoms with Gasteiger partial charge in [-0.05, 0) is 60.4 Å². The molecule has 0 heterocycles. The fourth-order valence-corrected chi connectivity index (χ4v) is 2.84. The molecule has 0 bridgehead atoms. The summed E-state index contributed by atoms with van der Waals surface area (Å²) in [7, 11) is 0. The number of ether oxygens (including phenoxy) is 2. The molecule has 3 heteroatoms. The molecule has 0 aromatic heterocycles. The second kappa shape index (κ2) is 5.95. The standard InChI is InChI=1S/C19H17NO2/c1-3-21-13-5-7-15-16-8-6-14(22-4-2)12-19(16)17(9-10-20)18(15)11-13/h5-9,11-12H,3-4H2,1-2H3. The van der Waals surface area contributed by atoms with Gasteiger partial charge in [0.05, 0.1) is 19.3 Å². The molecular weight excluding hydrogens is 274 g/mol. The molecule has 3 nitrogen and oxygen atoms in total. The molecule has 0 amide bonds. The minimum Gasteiger partial charge on any atom is -0.494 e. The van der Waals surface area contributed by atoms with Crippen LogP contribution < -0.4 is 9.47 Å². The molecule has 0 N–H and O–H groups in total. The molecule has 2 aromatic rings. The Hall–Kier alpha value is -2.73. The lowest BCUT2D eigenvalue weighted by atomic mass is 10.0. The van der Waals surface area contributed by atoms with E-state index in [0.717, 1.165) is 39.3 Å². The smallest absolute Gasteiger partial charge is 0.119 e. The number of benzene rings is 2. The number of rotatable bonds is 4. The van der Waals surface area contributed by atoms with E-state index in [1.807, 2.05) is 38.1 Å².